The number of allylic oxidation sites excluding steroid dienone is 12. The van der Waals surface area contributed by atoms with Crippen molar-refractivity contribution in [3.8, 4) is 0 Å². The Morgan fingerprint density at radius 1 is 0.611 bits per heavy atom. The Hall–Kier alpha value is -3.96. The van der Waals surface area contributed by atoms with Crippen LogP contribution >= 0.6 is 0 Å². The molecule has 0 unspecified atom stereocenters. The lowest BCUT2D eigenvalue weighted by molar-refractivity contribution is 1.13. The van der Waals surface area contributed by atoms with Crippen LogP contribution in [-0.4, -0.2) is 30.9 Å². The van der Waals surface area contributed by atoms with E-state index in [9.17, 15) is 0 Å². The molecule has 4 nitrogen and oxygen atoms in total. The molecule has 0 radical (unpaired) electrons. The molecule has 0 atom stereocenters. The van der Waals surface area contributed by atoms with Crippen molar-refractivity contribution in [1.82, 2.24) is 0 Å². The zero-order valence-corrected chi connectivity index (χ0v) is 22.1. The number of benzene rings is 1. The minimum absolute atomic E-state index is 0.889. The van der Waals surface area contributed by atoms with Gasteiger partial charge in [-0.25, -0.2) is 20.0 Å². The van der Waals surface area contributed by atoms with Crippen LogP contribution in [0.3, 0.4) is 0 Å². The zero-order chi connectivity index (χ0) is 24.9. The maximum Gasteiger partial charge on any atom is 0.0776 e. The van der Waals surface area contributed by atoms with Crippen LogP contribution in [-0.2, 0) is 6.42 Å². The van der Waals surface area contributed by atoms with E-state index in [0.29, 0.717) is 0 Å². The largest absolute Gasteiger partial charge is 0.249 e. The van der Waals surface area contributed by atoms with Gasteiger partial charge in [-0.15, -0.1) is 0 Å². The first-order valence-corrected chi connectivity index (χ1v) is 16.0. The van der Waals surface area contributed by atoms with Crippen molar-refractivity contribution in [2.24, 2.45) is 20.0 Å². The summed E-state index contributed by atoms with van der Waals surface area (Å²) in [7, 11) is -1.40. The van der Waals surface area contributed by atoms with Gasteiger partial charge in [-0.05, 0) is 84.4 Å². The van der Waals surface area contributed by atoms with Crippen LogP contribution in [0.5, 0.6) is 0 Å². The quantitative estimate of drug-likeness (QED) is 0.458. The van der Waals surface area contributed by atoms with Crippen molar-refractivity contribution >= 4 is 41.7 Å². The summed E-state index contributed by atoms with van der Waals surface area (Å²) < 4.78 is 0. The summed E-state index contributed by atoms with van der Waals surface area (Å²) in [4.78, 5) is 19.3. The summed E-state index contributed by atoms with van der Waals surface area (Å²) in [5.41, 5.74) is 10.9. The molecule has 0 fully saturated rings. The number of fused-ring (bicyclic) bond motifs is 4. The van der Waals surface area contributed by atoms with E-state index in [1.807, 2.05) is 54.7 Å². The van der Waals surface area contributed by atoms with Gasteiger partial charge in [0.15, 0.2) is 0 Å². The van der Waals surface area contributed by atoms with Gasteiger partial charge in [-0.2, -0.15) is 0 Å². The monoisotopic (exact) mass is 484 g/mol. The van der Waals surface area contributed by atoms with Gasteiger partial charge in [0.1, 0.15) is 0 Å². The Balaban J connectivity index is 1.49. The van der Waals surface area contributed by atoms with E-state index >= 15 is 0 Å². The lowest BCUT2D eigenvalue weighted by atomic mass is 9.94. The Kier molecular flexibility index (Phi) is 5.38. The molecule has 176 valence electrons. The predicted octanol–water partition coefficient (Wildman–Crippen LogP) is 6.21. The van der Waals surface area contributed by atoms with Crippen molar-refractivity contribution in [2.45, 2.75) is 33.0 Å². The van der Waals surface area contributed by atoms with Crippen molar-refractivity contribution in [2.75, 3.05) is 0 Å². The van der Waals surface area contributed by atoms with Crippen LogP contribution in [0.4, 0.5) is 0 Å². The van der Waals surface area contributed by atoms with Crippen molar-refractivity contribution in [1.29, 1.82) is 0 Å². The number of nitrogens with zero attached hydrogens (tertiary/aromatic N) is 4. The molecule has 5 heteroatoms. The third-order valence-corrected chi connectivity index (χ3v) is 8.72. The molecule has 1 aromatic carbocycles. The highest BCUT2D eigenvalue weighted by Crippen LogP contribution is 2.31. The molecule has 5 heterocycles. The average Bonchev–Trinajstić information content (AvgIpc) is 3.63. The fraction of sp³-hybridized carbons (Fsp3) is 0.161. The third-order valence-electron chi connectivity index (χ3n) is 6.68. The van der Waals surface area contributed by atoms with Gasteiger partial charge in [-0.3, -0.25) is 0 Å². The van der Waals surface area contributed by atoms with Crippen molar-refractivity contribution < 1.29 is 0 Å². The lowest BCUT2D eigenvalue weighted by Crippen LogP contribution is -2.37. The maximum atomic E-state index is 5.03. The fourth-order valence-electron chi connectivity index (χ4n) is 4.73. The minimum atomic E-state index is -1.40. The molecule has 1 aromatic rings. The van der Waals surface area contributed by atoms with Gasteiger partial charge in [-0.1, -0.05) is 50.0 Å². The number of hydrogen-bond donors (Lipinski definition) is 0. The first-order valence-electron chi connectivity index (χ1n) is 12.5. The highest BCUT2D eigenvalue weighted by atomic mass is 28.3. The van der Waals surface area contributed by atoms with Crippen LogP contribution in [0.2, 0.25) is 19.6 Å². The van der Waals surface area contributed by atoms with E-state index < -0.39 is 8.07 Å². The second-order valence-electron chi connectivity index (χ2n) is 10.4. The number of rotatable bonds is 3. The maximum absolute atomic E-state index is 5.03. The van der Waals surface area contributed by atoms with Crippen molar-refractivity contribution in [3.05, 3.63) is 119 Å². The van der Waals surface area contributed by atoms with E-state index in [-0.39, 0.29) is 0 Å². The highest BCUT2D eigenvalue weighted by molar-refractivity contribution is 6.88. The van der Waals surface area contributed by atoms with E-state index in [1.165, 1.54) is 16.3 Å². The van der Waals surface area contributed by atoms with E-state index in [1.54, 1.807) is 0 Å². The second-order valence-corrected chi connectivity index (χ2v) is 15.5. The van der Waals surface area contributed by atoms with Crippen molar-refractivity contribution in [3.63, 3.8) is 0 Å². The standard InChI is InChI=1S/C31H28N4Si/c1-5-20-14-28(36(2,3)4)12-13-29(20)30-18-27-17-25-9-8-23(33-25)15-21-6-7-22(32-21)16-24-10-11-26(34-24)19-31(30)35-27/h6-19H,5H2,1-4H3. The molecule has 0 spiro atoms. The van der Waals surface area contributed by atoms with Crippen LogP contribution < -0.4 is 5.19 Å². The molecule has 0 amide bonds. The van der Waals surface area contributed by atoms with Crippen LogP contribution in [0.1, 0.15) is 18.1 Å². The smallest absolute Gasteiger partial charge is 0.0776 e. The van der Waals surface area contributed by atoms with Gasteiger partial charge >= 0.3 is 0 Å². The van der Waals surface area contributed by atoms with E-state index in [4.69, 9.17) is 20.0 Å². The normalized spacial score (nSPS) is 19.8. The third kappa shape index (κ3) is 4.38. The van der Waals surface area contributed by atoms with Gasteiger partial charge in [0.25, 0.3) is 0 Å². The SMILES string of the molecule is CCc1cc([Si](C)(C)C)ccc1C1=CC2=CC3=NC(=CC4=NC(=CC5=NC(=CC1=N2)C=C5)C=C4)C=C3. The molecule has 5 aliphatic rings. The molecule has 6 rings (SSSR count). The summed E-state index contributed by atoms with van der Waals surface area (Å²) in [5, 5.41) is 1.48. The number of aliphatic imine (C=N–C) groups is 4. The van der Waals surface area contributed by atoms with Crippen LogP contribution in [0, 0.1) is 0 Å². The molecule has 5 aliphatic heterocycles. The molecular formula is C31H28N4Si. The molecule has 8 bridgehead atoms. The Bertz CT molecular complexity index is 1570. The number of aryl methyl sites for hydroxylation is 1. The Morgan fingerprint density at radius 2 is 1.17 bits per heavy atom. The Labute approximate surface area is 213 Å². The molecule has 0 aromatic heterocycles. The fourth-order valence-corrected chi connectivity index (χ4v) is 5.92. The predicted molar refractivity (Wildman–Crippen MR) is 156 cm³/mol. The molecule has 0 saturated heterocycles. The summed E-state index contributed by atoms with van der Waals surface area (Å²) in [6.07, 6.45) is 23.4. The molecule has 36 heavy (non-hydrogen) atoms. The molecule has 0 aliphatic carbocycles. The summed E-state index contributed by atoms with van der Waals surface area (Å²) in [6.45, 7) is 9.43. The average molecular weight is 485 g/mol. The molecule has 0 N–H and O–H groups in total. The number of hydrogen-bond acceptors (Lipinski definition) is 4. The molecular weight excluding hydrogens is 456 g/mol. The second kappa shape index (κ2) is 8.61. The molecule has 0 saturated carbocycles. The summed E-state index contributed by atoms with van der Waals surface area (Å²) >= 11 is 0. The van der Waals surface area contributed by atoms with E-state index in [2.05, 4.69) is 56.9 Å². The van der Waals surface area contributed by atoms with Gasteiger partial charge in [0.2, 0.25) is 0 Å². The first kappa shape index (κ1) is 22.5. The zero-order valence-electron chi connectivity index (χ0n) is 21.1. The Morgan fingerprint density at radius 3 is 1.72 bits per heavy atom. The van der Waals surface area contributed by atoms with Crippen LogP contribution in [0.25, 0.3) is 5.57 Å². The van der Waals surface area contributed by atoms with Gasteiger partial charge in [0, 0.05) is 5.57 Å². The summed E-state index contributed by atoms with van der Waals surface area (Å²) in [5.74, 6) is 0. The van der Waals surface area contributed by atoms with Gasteiger partial charge < -0.3 is 0 Å². The first-order chi connectivity index (χ1) is 17.3. The highest BCUT2D eigenvalue weighted by Gasteiger charge is 2.22. The summed E-state index contributed by atoms with van der Waals surface area (Å²) in [6, 6.07) is 7.01. The lowest BCUT2D eigenvalue weighted by Gasteiger charge is -2.20. The van der Waals surface area contributed by atoms with E-state index in [0.717, 1.165) is 57.6 Å². The van der Waals surface area contributed by atoms with Gasteiger partial charge in [0.05, 0.1) is 53.7 Å². The minimum Gasteiger partial charge on any atom is -0.249 e. The van der Waals surface area contributed by atoms with Crippen LogP contribution in [0.15, 0.2) is 128 Å². The topological polar surface area (TPSA) is 49.4 Å².